The van der Waals surface area contributed by atoms with Gasteiger partial charge in [0.05, 0.1) is 25.0 Å². The van der Waals surface area contributed by atoms with Crippen LogP contribution in [0.25, 0.3) is 5.69 Å². The molecule has 10 nitrogen and oxygen atoms in total. The molecule has 1 heterocycles. The number of nitrogens with zero attached hydrogens (tertiary/aromatic N) is 5. The average Bonchev–Trinajstić information content (AvgIpc) is 2.99. The van der Waals surface area contributed by atoms with Crippen LogP contribution in [-0.4, -0.2) is 39.1 Å². The molecule has 1 N–H and O–H groups in total. The van der Waals surface area contributed by atoms with Crippen molar-refractivity contribution in [3.8, 4) is 17.2 Å². The molecule has 140 valence electrons. The van der Waals surface area contributed by atoms with Gasteiger partial charge in [-0.25, -0.2) is 4.99 Å². The van der Waals surface area contributed by atoms with Crippen molar-refractivity contribution in [1.82, 2.24) is 14.7 Å². The standard InChI is InChI=1S/C16H14ClN5O5/c1-26-13-7-11(8-14(9-13)27-2)18-15-16(22(24)25)19-20(21(15)23)12-5-3-10(17)4-6-12/h3-9,23H,1-2H3. The van der Waals surface area contributed by atoms with E-state index < -0.39 is 10.7 Å². The van der Waals surface area contributed by atoms with Gasteiger partial charge in [0.25, 0.3) is 5.49 Å². The first kappa shape index (κ1) is 18.3. The second-order valence-electron chi connectivity index (χ2n) is 5.24. The Labute approximate surface area is 157 Å². The first-order valence-electron chi connectivity index (χ1n) is 7.52. The predicted molar refractivity (Wildman–Crippen MR) is 95.2 cm³/mol. The van der Waals surface area contributed by atoms with Crippen molar-refractivity contribution in [2.45, 2.75) is 0 Å². The zero-order valence-corrected chi connectivity index (χ0v) is 15.0. The molecule has 0 saturated carbocycles. The minimum Gasteiger partial charge on any atom is -0.497 e. The summed E-state index contributed by atoms with van der Waals surface area (Å²) in [6.45, 7) is 0. The van der Waals surface area contributed by atoms with Gasteiger partial charge in [-0.15, -0.1) is 0 Å². The van der Waals surface area contributed by atoms with Crippen LogP contribution in [0.5, 0.6) is 11.5 Å². The molecular formula is C16H14ClN5O5. The summed E-state index contributed by atoms with van der Waals surface area (Å²) in [4.78, 5) is 16.2. The maximum atomic E-state index is 11.4. The number of halogens is 1. The van der Waals surface area contributed by atoms with Gasteiger partial charge >= 0.3 is 5.82 Å². The summed E-state index contributed by atoms with van der Waals surface area (Å²) in [6.07, 6.45) is 0. The van der Waals surface area contributed by atoms with Crippen LogP contribution in [0.3, 0.4) is 0 Å². The molecule has 2 aromatic carbocycles. The number of hydrogen-bond acceptors (Lipinski definition) is 7. The quantitative estimate of drug-likeness (QED) is 0.406. The Bertz CT molecular complexity index is 1040. The molecule has 0 aliphatic carbocycles. The van der Waals surface area contributed by atoms with Crippen molar-refractivity contribution in [2.75, 3.05) is 14.2 Å². The topological polar surface area (TPSA) is 117 Å². The number of methoxy groups -OCH3 is 2. The summed E-state index contributed by atoms with van der Waals surface area (Å²) in [7, 11) is 2.93. The third-order valence-corrected chi connectivity index (χ3v) is 3.81. The highest BCUT2D eigenvalue weighted by molar-refractivity contribution is 6.30. The second-order valence-corrected chi connectivity index (χ2v) is 5.68. The number of benzene rings is 2. The third kappa shape index (κ3) is 3.70. The zero-order chi connectivity index (χ0) is 19.6. The summed E-state index contributed by atoms with van der Waals surface area (Å²) in [5.74, 6) is 0.241. The van der Waals surface area contributed by atoms with Gasteiger partial charge < -0.3 is 24.8 Å². The summed E-state index contributed by atoms with van der Waals surface area (Å²) in [5, 5.41) is 26.1. The van der Waals surface area contributed by atoms with Crippen molar-refractivity contribution in [3.05, 3.63) is 63.1 Å². The van der Waals surface area contributed by atoms with Gasteiger partial charge in [0, 0.05) is 23.2 Å². The molecule has 0 amide bonds. The smallest absolute Gasteiger partial charge is 0.438 e. The predicted octanol–water partition coefficient (Wildman–Crippen LogP) is 2.72. The first-order chi connectivity index (χ1) is 12.9. The molecule has 1 aromatic heterocycles. The van der Waals surface area contributed by atoms with Crippen LogP contribution in [0.15, 0.2) is 47.5 Å². The fraction of sp³-hybridized carbons (Fsp3) is 0.125. The summed E-state index contributed by atoms with van der Waals surface area (Å²) >= 11 is 5.84. The van der Waals surface area contributed by atoms with Crippen LogP contribution in [0.2, 0.25) is 5.02 Å². The lowest BCUT2D eigenvalue weighted by atomic mass is 10.3. The van der Waals surface area contributed by atoms with Crippen molar-refractivity contribution in [2.24, 2.45) is 4.99 Å². The highest BCUT2D eigenvalue weighted by atomic mass is 35.5. The van der Waals surface area contributed by atoms with E-state index in [4.69, 9.17) is 21.1 Å². The van der Waals surface area contributed by atoms with Crippen molar-refractivity contribution in [3.63, 3.8) is 0 Å². The highest BCUT2D eigenvalue weighted by Gasteiger charge is 2.24. The Morgan fingerprint density at radius 3 is 2.26 bits per heavy atom. The zero-order valence-electron chi connectivity index (χ0n) is 14.2. The van der Waals surface area contributed by atoms with E-state index in [9.17, 15) is 15.3 Å². The minimum atomic E-state index is -0.741. The molecule has 3 rings (SSSR count). The molecule has 3 aromatic rings. The summed E-state index contributed by atoms with van der Waals surface area (Å²) in [5.41, 5.74) is 0.257. The Kier molecular flexibility index (Phi) is 4.99. The average molecular weight is 392 g/mol. The van der Waals surface area contributed by atoms with Gasteiger partial charge in [0.1, 0.15) is 17.2 Å². The number of ether oxygens (including phenoxy) is 2. The maximum Gasteiger partial charge on any atom is 0.438 e. The normalized spacial score (nSPS) is 11.4. The van der Waals surface area contributed by atoms with Crippen LogP contribution in [0, 0.1) is 10.1 Å². The lowest BCUT2D eigenvalue weighted by Crippen LogP contribution is -2.22. The van der Waals surface area contributed by atoms with Gasteiger partial charge in [-0.2, -0.15) is 0 Å². The van der Waals surface area contributed by atoms with E-state index in [0.29, 0.717) is 27.1 Å². The fourth-order valence-corrected chi connectivity index (χ4v) is 2.42. The maximum absolute atomic E-state index is 11.4. The van der Waals surface area contributed by atoms with E-state index in [1.165, 1.54) is 26.4 Å². The molecule has 0 aliphatic heterocycles. The molecule has 0 radical (unpaired) electrons. The third-order valence-electron chi connectivity index (χ3n) is 3.56. The van der Waals surface area contributed by atoms with Crippen molar-refractivity contribution < 1.29 is 19.6 Å². The number of rotatable bonds is 5. The van der Waals surface area contributed by atoms with Gasteiger partial charge in [0.2, 0.25) is 0 Å². The Morgan fingerprint density at radius 2 is 1.74 bits per heavy atom. The lowest BCUT2D eigenvalue weighted by molar-refractivity contribution is -0.391. The van der Waals surface area contributed by atoms with Gasteiger partial charge in [-0.1, -0.05) is 16.4 Å². The summed E-state index contributed by atoms with van der Waals surface area (Å²) < 4.78 is 10.3. The molecule has 11 heteroatoms. The largest absolute Gasteiger partial charge is 0.497 e. The van der Waals surface area contributed by atoms with Crippen LogP contribution >= 0.6 is 11.6 Å². The van der Waals surface area contributed by atoms with Crippen molar-refractivity contribution >= 4 is 23.1 Å². The molecule has 0 fully saturated rings. The summed E-state index contributed by atoms with van der Waals surface area (Å²) in [6, 6.07) is 10.9. The fourth-order valence-electron chi connectivity index (χ4n) is 2.29. The van der Waals surface area contributed by atoms with E-state index >= 15 is 0 Å². The Morgan fingerprint density at radius 1 is 1.15 bits per heavy atom. The highest BCUT2D eigenvalue weighted by Crippen LogP contribution is 2.27. The van der Waals surface area contributed by atoms with Crippen LogP contribution < -0.4 is 15.0 Å². The second kappa shape index (κ2) is 7.38. The minimum absolute atomic E-state index is 0.271. The molecule has 0 atom stereocenters. The SMILES string of the molecule is COc1cc(N=c2c([N+](=O)[O-])nn(-c3ccc(Cl)cc3)n2O)cc(OC)c1. The molecule has 0 spiro atoms. The number of hydrogen-bond donors (Lipinski definition) is 1. The molecule has 27 heavy (non-hydrogen) atoms. The van der Waals surface area contributed by atoms with E-state index in [2.05, 4.69) is 10.1 Å². The number of nitro groups is 1. The van der Waals surface area contributed by atoms with E-state index in [0.717, 1.165) is 4.80 Å². The molecule has 0 unspecified atom stereocenters. The molecule has 0 saturated heterocycles. The Hall–Kier alpha value is -3.53. The first-order valence-corrected chi connectivity index (χ1v) is 7.90. The lowest BCUT2D eigenvalue weighted by Gasteiger charge is -2.05. The van der Waals surface area contributed by atoms with Crippen LogP contribution in [-0.2, 0) is 0 Å². The van der Waals surface area contributed by atoms with Crippen LogP contribution in [0.4, 0.5) is 11.5 Å². The van der Waals surface area contributed by atoms with E-state index in [1.807, 2.05) is 0 Å². The monoisotopic (exact) mass is 391 g/mol. The number of aromatic nitrogens is 3. The van der Waals surface area contributed by atoms with E-state index in [-0.39, 0.29) is 11.2 Å². The molecular weight excluding hydrogens is 378 g/mol. The van der Waals surface area contributed by atoms with Crippen LogP contribution in [0.1, 0.15) is 0 Å². The Balaban J connectivity index is 2.22. The van der Waals surface area contributed by atoms with E-state index in [1.54, 1.807) is 30.3 Å². The van der Waals surface area contributed by atoms with Gasteiger partial charge in [0.15, 0.2) is 0 Å². The molecule has 0 aliphatic rings. The van der Waals surface area contributed by atoms with Crippen molar-refractivity contribution in [1.29, 1.82) is 0 Å². The molecule has 0 bridgehead atoms. The van der Waals surface area contributed by atoms with Gasteiger partial charge in [-0.3, -0.25) is 0 Å². The van der Waals surface area contributed by atoms with Gasteiger partial charge in [-0.05, 0) is 34.0 Å².